The molecule has 12 heteroatoms. The molecule has 0 saturated heterocycles. The Hall–Kier alpha value is -3.67. The Balaban J connectivity index is 1.32. The van der Waals surface area contributed by atoms with Crippen LogP contribution in [0.1, 0.15) is 5.89 Å². The summed E-state index contributed by atoms with van der Waals surface area (Å²) in [5.41, 5.74) is 1.77. The minimum Gasteiger partial charge on any atom is -0.493 e. The minimum absolute atomic E-state index is 0.0172. The average Bonchev–Trinajstić information content (AvgIpc) is 3.43. The van der Waals surface area contributed by atoms with E-state index in [1.54, 1.807) is 6.07 Å². The van der Waals surface area contributed by atoms with Gasteiger partial charge in [-0.05, 0) is 30.3 Å². The fraction of sp³-hybridized carbons (Fsp3) is 0.200. The number of methoxy groups -OCH3 is 1. The topological polar surface area (TPSA) is 110 Å². The van der Waals surface area contributed by atoms with E-state index in [1.807, 2.05) is 18.2 Å². The zero-order chi connectivity index (χ0) is 22.5. The number of carbonyl (C=O) groups excluding carboxylic acids is 1. The van der Waals surface area contributed by atoms with E-state index in [0.29, 0.717) is 21.9 Å². The second-order valence-corrected chi connectivity index (χ2v) is 7.08. The van der Waals surface area contributed by atoms with Gasteiger partial charge in [0.25, 0.3) is 11.1 Å². The van der Waals surface area contributed by atoms with Gasteiger partial charge in [0.2, 0.25) is 5.82 Å². The molecule has 0 amide bonds. The lowest BCUT2D eigenvalue weighted by Gasteiger charge is -2.10. The number of aromatic nitrogens is 3. The molecule has 0 unspecified atom stereocenters. The summed E-state index contributed by atoms with van der Waals surface area (Å²) >= 11 is 1.10. The van der Waals surface area contributed by atoms with Crippen molar-refractivity contribution in [2.24, 2.45) is 0 Å². The molecule has 32 heavy (non-hydrogen) atoms. The van der Waals surface area contributed by atoms with Crippen LogP contribution >= 0.6 is 11.8 Å². The molecular formula is C20H15F2N3O6S. The first-order chi connectivity index (χ1) is 15.5. The van der Waals surface area contributed by atoms with Gasteiger partial charge in [0.1, 0.15) is 11.3 Å². The molecule has 0 aliphatic rings. The number of benzene rings is 2. The quantitative estimate of drug-likeness (QED) is 0.263. The van der Waals surface area contributed by atoms with Crippen LogP contribution in [0, 0.1) is 0 Å². The molecule has 4 rings (SSSR count). The maximum Gasteiger partial charge on any atom is 0.387 e. The summed E-state index contributed by atoms with van der Waals surface area (Å²) in [5, 5.41) is 4.15. The Morgan fingerprint density at radius 3 is 2.78 bits per heavy atom. The van der Waals surface area contributed by atoms with Crippen LogP contribution in [0.25, 0.3) is 22.5 Å². The van der Waals surface area contributed by atoms with Gasteiger partial charge in [-0.1, -0.05) is 29.1 Å². The van der Waals surface area contributed by atoms with Crippen molar-refractivity contribution in [2.45, 2.75) is 18.4 Å². The number of hydrogen-bond donors (Lipinski definition) is 0. The third-order valence-corrected chi connectivity index (χ3v) is 4.85. The standard InChI is InChI=1S/C20H15F2N3O6S/c1-27-15-8-11(6-7-14(15)29-19(21)22)18-24-16(31-25-18)9-28-17(26)10-32-20-23-12-4-2-3-5-13(12)30-20/h2-8,19H,9-10H2,1H3. The van der Waals surface area contributed by atoms with Crippen molar-refractivity contribution >= 4 is 28.8 Å². The number of esters is 1. The Kier molecular flexibility index (Phi) is 6.50. The highest BCUT2D eigenvalue weighted by Crippen LogP contribution is 2.32. The Bertz CT molecular complexity index is 1200. The van der Waals surface area contributed by atoms with Crippen LogP contribution in [0.4, 0.5) is 8.78 Å². The number of ether oxygens (including phenoxy) is 3. The number of hydrogen-bond acceptors (Lipinski definition) is 10. The van der Waals surface area contributed by atoms with Gasteiger partial charge in [-0.15, -0.1) is 0 Å². The Morgan fingerprint density at radius 1 is 1.16 bits per heavy atom. The fourth-order valence-electron chi connectivity index (χ4n) is 2.65. The lowest BCUT2D eigenvalue weighted by molar-refractivity contribution is -0.142. The van der Waals surface area contributed by atoms with Gasteiger partial charge in [-0.3, -0.25) is 4.79 Å². The highest BCUT2D eigenvalue weighted by Gasteiger charge is 2.16. The molecule has 0 radical (unpaired) electrons. The van der Waals surface area contributed by atoms with Gasteiger partial charge in [-0.25, -0.2) is 4.98 Å². The highest BCUT2D eigenvalue weighted by atomic mass is 32.2. The van der Waals surface area contributed by atoms with Crippen molar-refractivity contribution in [3.05, 3.63) is 48.4 Å². The smallest absolute Gasteiger partial charge is 0.387 e. The lowest BCUT2D eigenvalue weighted by Crippen LogP contribution is -2.07. The molecule has 0 spiro atoms. The third-order valence-electron chi connectivity index (χ3n) is 4.05. The largest absolute Gasteiger partial charge is 0.493 e. The molecule has 0 aliphatic heterocycles. The van der Waals surface area contributed by atoms with Crippen molar-refractivity contribution in [1.82, 2.24) is 15.1 Å². The average molecular weight is 463 g/mol. The second kappa shape index (κ2) is 9.64. The molecular weight excluding hydrogens is 448 g/mol. The summed E-state index contributed by atoms with van der Waals surface area (Å²) in [4.78, 5) is 20.4. The zero-order valence-corrected chi connectivity index (χ0v) is 17.3. The van der Waals surface area contributed by atoms with Crippen molar-refractivity contribution in [3.8, 4) is 22.9 Å². The van der Waals surface area contributed by atoms with Gasteiger partial charge >= 0.3 is 12.6 Å². The van der Waals surface area contributed by atoms with E-state index in [2.05, 4.69) is 19.9 Å². The molecule has 2 aromatic carbocycles. The molecule has 2 heterocycles. The first kappa shape index (κ1) is 21.6. The maximum atomic E-state index is 12.4. The number of oxazole rings is 1. The van der Waals surface area contributed by atoms with E-state index in [9.17, 15) is 13.6 Å². The summed E-state index contributed by atoms with van der Waals surface area (Å²) in [6.07, 6.45) is 0. The molecule has 2 aromatic heterocycles. The first-order valence-corrected chi connectivity index (χ1v) is 10.1. The van der Waals surface area contributed by atoms with Gasteiger partial charge in [0.05, 0.1) is 7.11 Å². The van der Waals surface area contributed by atoms with Crippen molar-refractivity contribution in [2.75, 3.05) is 12.9 Å². The predicted octanol–water partition coefficient (Wildman–Crippen LogP) is 4.32. The molecule has 9 nitrogen and oxygen atoms in total. The van der Waals surface area contributed by atoms with E-state index in [4.69, 9.17) is 18.4 Å². The third kappa shape index (κ3) is 5.14. The van der Waals surface area contributed by atoms with Crippen molar-refractivity contribution in [1.29, 1.82) is 0 Å². The SMILES string of the molecule is COc1cc(-c2noc(COC(=O)CSc3nc4ccccc4o3)n2)ccc1OC(F)F. The summed E-state index contributed by atoms with van der Waals surface area (Å²) in [5.74, 6) is -0.355. The number of alkyl halides is 2. The molecule has 0 N–H and O–H groups in total. The number of fused-ring (bicyclic) bond motifs is 1. The molecule has 166 valence electrons. The van der Waals surface area contributed by atoms with E-state index in [1.165, 1.54) is 25.3 Å². The van der Waals surface area contributed by atoms with Crippen LogP contribution in [-0.4, -0.2) is 40.6 Å². The van der Waals surface area contributed by atoms with Crippen LogP contribution < -0.4 is 9.47 Å². The van der Waals surface area contributed by atoms with Crippen LogP contribution in [0.5, 0.6) is 11.5 Å². The fourth-order valence-corrected chi connectivity index (χ4v) is 3.28. The van der Waals surface area contributed by atoms with Crippen LogP contribution in [-0.2, 0) is 16.1 Å². The monoisotopic (exact) mass is 463 g/mol. The molecule has 0 bridgehead atoms. The van der Waals surface area contributed by atoms with E-state index >= 15 is 0 Å². The second-order valence-electron chi connectivity index (χ2n) is 6.15. The Labute approximate surface area is 183 Å². The summed E-state index contributed by atoms with van der Waals surface area (Å²) in [6, 6.07) is 11.5. The maximum absolute atomic E-state index is 12.4. The molecule has 0 fully saturated rings. The number of para-hydroxylation sites is 2. The van der Waals surface area contributed by atoms with Crippen LogP contribution in [0.3, 0.4) is 0 Å². The highest BCUT2D eigenvalue weighted by molar-refractivity contribution is 7.99. The van der Waals surface area contributed by atoms with Crippen LogP contribution in [0.2, 0.25) is 0 Å². The molecule has 0 aliphatic carbocycles. The van der Waals surface area contributed by atoms with E-state index < -0.39 is 12.6 Å². The van der Waals surface area contributed by atoms with Gasteiger partial charge in [0.15, 0.2) is 23.7 Å². The summed E-state index contributed by atoms with van der Waals surface area (Å²) in [7, 11) is 1.32. The minimum atomic E-state index is -2.98. The van der Waals surface area contributed by atoms with Crippen LogP contribution in [0.15, 0.2) is 56.6 Å². The zero-order valence-electron chi connectivity index (χ0n) is 16.5. The van der Waals surface area contributed by atoms with Gasteiger partial charge in [-0.2, -0.15) is 13.8 Å². The summed E-state index contributed by atoms with van der Waals surface area (Å²) < 4.78 is 50.0. The number of thioether (sulfide) groups is 1. The van der Waals surface area contributed by atoms with Crippen molar-refractivity contribution < 1.29 is 36.7 Å². The van der Waals surface area contributed by atoms with Crippen molar-refractivity contribution in [3.63, 3.8) is 0 Å². The molecule has 4 aromatic rings. The van der Waals surface area contributed by atoms with E-state index in [-0.39, 0.29) is 35.6 Å². The molecule has 0 atom stereocenters. The molecule has 0 saturated carbocycles. The van der Waals surface area contributed by atoms with Gasteiger partial charge < -0.3 is 23.2 Å². The summed E-state index contributed by atoms with van der Waals surface area (Å²) in [6.45, 7) is -3.22. The predicted molar refractivity (Wildman–Crippen MR) is 107 cm³/mol. The lowest BCUT2D eigenvalue weighted by atomic mass is 10.2. The number of carbonyl (C=O) groups is 1. The van der Waals surface area contributed by atoms with Gasteiger partial charge in [0, 0.05) is 5.56 Å². The normalized spacial score (nSPS) is 11.1. The number of halogens is 2. The number of nitrogens with zero attached hydrogens (tertiary/aromatic N) is 3. The number of rotatable bonds is 9. The Morgan fingerprint density at radius 2 is 2.00 bits per heavy atom. The first-order valence-electron chi connectivity index (χ1n) is 9.11. The van der Waals surface area contributed by atoms with E-state index in [0.717, 1.165) is 11.8 Å².